The van der Waals surface area contributed by atoms with Crippen LogP contribution in [0.2, 0.25) is 0 Å². The van der Waals surface area contributed by atoms with Gasteiger partial charge in [-0.15, -0.1) is 11.3 Å². The molecule has 2 aromatic rings. The summed E-state index contributed by atoms with van der Waals surface area (Å²) in [5, 5.41) is 3.66. The molecule has 0 radical (unpaired) electrons. The molecule has 1 amide bonds. The van der Waals surface area contributed by atoms with Gasteiger partial charge >= 0.3 is 5.97 Å². The summed E-state index contributed by atoms with van der Waals surface area (Å²) in [5.41, 5.74) is 4.23. The fourth-order valence-corrected chi connectivity index (χ4v) is 5.58. The predicted octanol–water partition coefficient (Wildman–Crippen LogP) is 4.53. The molecule has 5 nitrogen and oxygen atoms in total. The lowest BCUT2D eigenvalue weighted by Crippen LogP contribution is -2.36. The molecule has 30 heavy (non-hydrogen) atoms. The molecule has 0 fully saturated rings. The van der Waals surface area contributed by atoms with Gasteiger partial charge in [0.1, 0.15) is 5.00 Å². The summed E-state index contributed by atoms with van der Waals surface area (Å²) >= 11 is 1.54. The van der Waals surface area contributed by atoms with E-state index < -0.39 is 0 Å². The van der Waals surface area contributed by atoms with Gasteiger partial charge < -0.3 is 10.1 Å². The van der Waals surface area contributed by atoms with Gasteiger partial charge in [-0.3, -0.25) is 9.69 Å². The second kappa shape index (κ2) is 9.58. The van der Waals surface area contributed by atoms with Gasteiger partial charge in [0.2, 0.25) is 5.91 Å². The van der Waals surface area contributed by atoms with Crippen molar-refractivity contribution in [1.29, 1.82) is 0 Å². The van der Waals surface area contributed by atoms with E-state index in [1.807, 2.05) is 6.07 Å². The van der Waals surface area contributed by atoms with Crippen molar-refractivity contribution < 1.29 is 14.3 Å². The average molecular weight is 425 g/mol. The van der Waals surface area contributed by atoms with Crippen molar-refractivity contribution in [3.63, 3.8) is 0 Å². The lowest BCUT2D eigenvalue weighted by atomic mass is 10.00. The zero-order valence-electron chi connectivity index (χ0n) is 17.4. The predicted molar refractivity (Wildman–Crippen MR) is 121 cm³/mol. The minimum atomic E-state index is -0.349. The second-order valence-electron chi connectivity index (χ2n) is 7.89. The number of amides is 1. The first-order chi connectivity index (χ1) is 14.7. The summed E-state index contributed by atoms with van der Waals surface area (Å²) in [6, 6.07) is 10.4. The number of esters is 1. The van der Waals surface area contributed by atoms with Crippen molar-refractivity contribution in [2.24, 2.45) is 0 Å². The molecular weight excluding hydrogens is 396 g/mol. The van der Waals surface area contributed by atoms with Gasteiger partial charge in [0, 0.05) is 18.0 Å². The number of carbonyl (C=O) groups excluding carboxylic acids is 2. The molecule has 1 aliphatic carbocycles. The quantitative estimate of drug-likeness (QED) is 0.566. The molecule has 1 aromatic heterocycles. The molecule has 0 saturated heterocycles. The van der Waals surface area contributed by atoms with Crippen LogP contribution in [-0.4, -0.2) is 43.5 Å². The Bertz CT molecular complexity index is 949. The lowest BCUT2D eigenvalue weighted by molar-refractivity contribution is -0.117. The third-order valence-electron chi connectivity index (χ3n) is 5.87. The van der Waals surface area contributed by atoms with Crippen molar-refractivity contribution in [2.75, 3.05) is 32.1 Å². The Morgan fingerprint density at radius 1 is 1.10 bits per heavy atom. The molecule has 158 valence electrons. The van der Waals surface area contributed by atoms with Gasteiger partial charge in [0.05, 0.1) is 19.2 Å². The van der Waals surface area contributed by atoms with Gasteiger partial charge in [0.25, 0.3) is 0 Å². The summed E-state index contributed by atoms with van der Waals surface area (Å²) in [7, 11) is 1.40. The number of hydrogen-bond donors (Lipinski definition) is 1. The molecule has 0 bridgehead atoms. The number of benzene rings is 1. The highest BCUT2D eigenvalue weighted by Crippen LogP contribution is 2.38. The SMILES string of the molecule is COC(=O)c1c(NC(=O)CN2CC=C(c3ccccc3)CC2)sc2c1CCCCC2. The minimum Gasteiger partial charge on any atom is -0.465 e. The Balaban J connectivity index is 1.42. The van der Waals surface area contributed by atoms with Crippen LogP contribution in [0.3, 0.4) is 0 Å². The number of rotatable bonds is 5. The summed E-state index contributed by atoms with van der Waals surface area (Å²) in [6.45, 7) is 1.92. The minimum absolute atomic E-state index is 0.0758. The third kappa shape index (κ3) is 4.65. The molecule has 1 N–H and O–H groups in total. The Kier molecular flexibility index (Phi) is 6.65. The number of hydrogen-bond acceptors (Lipinski definition) is 5. The molecule has 4 rings (SSSR count). The Morgan fingerprint density at radius 2 is 1.90 bits per heavy atom. The molecule has 2 heterocycles. The van der Waals surface area contributed by atoms with E-state index in [0.29, 0.717) is 17.1 Å². The maximum Gasteiger partial charge on any atom is 0.341 e. The largest absolute Gasteiger partial charge is 0.465 e. The average Bonchev–Trinajstić information content (AvgIpc) is 2.94. The van der Waals surface area contributed by atoms with E-state index in [1.54, 1.807) is 11.3 Å². The zero-order valence-corrected chi connectivity index (χ0v) is 18.2. The monoisotopic (exact) mass is 424 g/mol. The van der Waals surface area contributed by atoms with E-state index in [-0.39, 0.29) is 11.9 Å². The number of methoxy groups -OCH3 is 1. The van der Waals surface area contributed by atoms with Gasteiger partial charge in [-0.05, 0) is 48.8 Å². The molecule has 0 saturated carbocycles. The topological polar surface area (TPSA) is 58.6 Å². The number of fused-ring (bicyclic) bond motifs is 1. The van der Waals surface area contributed by atoms with Crippen LogP contribution in [-0.2, 0) is 22.4 Å². The molecule has 1 aliphatic heterocycles. The first kappa shape index (κ1) is 20.8. The highest BCUT2D eigenvalue weighted by atomic mass is 32.1. The number of anilines is 1. The fourth-order valence-electron chi connectivity index (χ4n) is 4.29. The van der Waals surface area contributed by atoms with Crippen LogP contribution in [0.4, 0.5) is 5.00 Å². The van der Waals surface area contributed by atoms with E-state index in [0.717, 1.165) is 50.8 Å². The van der Waals surface area contributed by atoms with Gasteiger partial charge in [-0.25, -0.2) is 4.79 Å². The van der Waals surface area contributed by atoms with Crippen LogP contribution < -0.4 is 5.32 Å². The lowest BCUT2D eigenvalue weighted by Gasteiger charge is -2.25. The van der Waals surface area contributed by atoms with Crippen LogP contribution in [0, 0.1) is 0 Å². The Labute approximate surface area is 181 Å². The van der Waals surface area contributed by atoms with E-state index in [9.17, 15) is 9.59 Å². The van der Waals surface area contributed by atoms with Crippen molar-refractivity contribution in [3.05, 3.63) is 58.0 Å². The number of aryl methyl sites for hydroxylation is 1. The van der Waals surface area contributed by atoms with E-state index in [1.165, 1.54) is 29.5 Å². The third-order valence-corrected chi connectivity index (χ3v) is 7.08. The van der Waals surface area contributed by atoms with Gasteiger partial charge in [0.15, 0.2) is 0 Å². The van der Waals surface area contributed by atoms with Crippen LogP contribution in [0.15, 0.2) is 36.4 Å². The zero-order chi connectivity index (χ0) is 20.9. The highest BCUT2D eigenvalue weighted by Gasteiger charge is 2.26. The van der Waals surface area contributed by atoms with Crippen molar-refractivity contribution in [3.8, 4) is 0 Å². The molecule has 2 aliphatic rings. The molecule has 0 unspecified atom stereocenters. The van der Waals surface area contributed by atoms with Gasteiger partial charge in [-0.1, -0.05) is 42.8 Å². The molecular formula is C24H28N2O3S. The summed E-state index contributed by atoms with van der Waals surface area (Å²) < 4.78 is 5.03. The van der Waals surface area contributed by atoms with E-state index in [2.05, 4.69) is 40.6 Å². The van der Waals surface area contributed by atoms with Gasteiger partial charge in [-0.2, -0.15) is 0 Å². The number of nitrogens with one attached hydrogen (secondary N) is 1. The molecule has 1 aromatic carbocycles. The maximum absolute atomic E-state index is 12.8. The van der Waals surface area contributed by atoms with Crippen LogP contribution in [0.1, 0.15) is 52.0 Å². The van der Waals surface area contributed by atoms with E-state index >= 15 is 0 Å². The summed E-state index contributed by atoms with van der Waals surface area (Å²) in [5.74, 6) is -0.425. The first-order valence-corrected chi connectivity index (χ1v) is 11.5. The highest BCUT2D eigenvalue weighted by molar-refractivity contribution is 7.17. The molecule has 0 spiro atoms. The Hall–Kier alpha value is -2.44. The number of carbonyl (C=O) groups is 2. The summed E-state index contributed by atoms with van der Waals surface area (Å²) in [4.78, 5) is 28.6. The fraction of sp³-hybridized carbons (Fsp3) is 0.417. The standard InChI is InChI=1S/C24H28N2O3S/c1-29-24(28)22-19-10-6-3-7-11-20(19)30-23(22)25-21(27)16-26-14-12-18(13-15-26)17-8-4-2-5-9-17/h2,4-5,8-9,12H,3,6-7,10-11,13-16H2,1H3,(H,25,27). The number of ether oxygens (including phenoxy) is 1. The maximum atomic E-state index is 12.8. The van der Waals surface area contributed by atoms with Crippen molar-refractivity contribution in [2.45, 2.75) is 38.5 Å². The first-order valence-electron chi connectivity index (χ1n) is 10.6. The van der Waals surface area contributed by atoms with Crippen LogP contribution in [0.25, 0.3) is 5.57 Å². The van der Waals surface area contributed by atoms with Crippen LogP contribution >= 0.6 is 11.3 Å². The van der Waals surface area contributed by atoms with Crippen molar-refractivity contribution in [1.82, 2.24) is 4.90 Å². The molecule has 6 heteroatoms. The normalized spacial score (nSPS) is 16.9. The molecule has 0 atom stereocenters. The van der Waals surface area contributed by atoms with E-state index in [4.69, 9.17) is 4.74 Å². The second-order valence-corrected chi connectivity index (χ2v) is 8.99. The number of nitrogens with zero attached hydrogens (tertiary/aromatic N) is 1. The number of thiophene rings is 1. The summed E-state index contributed by atoms with van der Waals surface area (Å²) in [6.07, 6.45) is 8.37. The smallest absolute Gasteiger partial charge is 0.341 e. The van der Waals surface area contributed by atoms with Crippen LogP contribution in [0.5, 0.6) is 0 Å². The van der Waals surface area contributed by atoms with Crippen molar-refractivity contribution >= 4 is 33.8 Å². The Morgan fingerprint density at radius 3 is 2.63 bits per heavy atom.